The van der Waals surface area contributed by atoms with Gasteiger partial charge in [-0.2, -0.15) is 0 Å². The number of benzene rings is 2. The molecule has 6 nitrogen and oxygen atoms in total. The van der Waals surface area contributed by atoms with Gasteiger partial charge in [0.2, 0.25) is 0 Å². The van der Waals surface area contributed by atoms with Crippen LogP contribution in [0.5, 0.6) is 5.75 Å². The Morgan fingerprint density at radius 1 is 1.00 bits per heavy atom. The zero-order valence-corrected chi connectivity index (χ0v) is 13.9. The molecule has 0 spiro atoms. The summed E-state index contributed by atoms with van der Waals surface area (Å²) in [7, 11) is 3.01. The molecule has 0 fully saturated rings. The molecule has 0 bridgehead atoms. The average Bonchev–Trinajstić information content (AvgIpc) is 2.86. The van der Waals surface area contributed by atoms with Crippen molar-refractivity contribution in [2.45, 2.75) is 6.42 Å². The number of amides is 2. The lowest BCUT2D eigenvalue weighted by molar-refractivity contribution is 0.0509. The normalized spacial score (nSPS) is 13.0. The highest BCUT2D eigenvalue weighted by molar-refractivity contribution is 6.21. The Balaban J connectivity index is 1.62. The molecule has 25 heavy (non-hydrogen) atoms. The molecule has 6 heteroatoms. The van der Waals surface area contributed by atoms with Gasteiger partial charge in [0.05, 0.1) is 30.4 Å². The number of fused-ring (bicyclic) bond motifs is 1. The van der Waals surface area contributed by atoms with E-state index >= 15 is 0 Å². The number of hydrogen-bond acceptors (Lipinski definition) is 5. The SMILES string of the molecule is COc1ccc(CCOC(=O)c2ccc3c(c2)C(=O)N(C)C3=O)cc1. The van der Waals surface area contributed by atoms with Crippen LogP contribution in [0, 0.1) is 0 Å². The first-order chi connectivity index (χ1) is 12.0. The third-order valence-corrected chi connectivity index (χ3v) is 4.11. The Hall–Kier alpha value is -3.15. The molecular formula is C19H17NO5. The van der Waals surface area contributed by atoms with Crippen molar-refractivity contribution < 1.29 is 23.9 Å². The molecule has 0 aliphatic carbocycles. The van der Waals surface area contributed by atoms with Gasteiger partial charge in [-0.15, -0.1) is 0 Å². The van der Waals surface area contributed by atoms with Gasteiger partial charge in [0.1, 0.15) is 5.75 Å². The molecule has 0 aromatic heterocycles. The van der Waals surface area contributed by atoms with E-state index in [2.05, 4.69) is 0 Å². The first kappa shape index (κ1) is 16.7. The van der Waals surface area contributed by atoms with Crippen molar-refractivity contribution in [3.63, 3.8) is 0 Å². The quantitative estimate of drug-likeness (QED) is 0.617. The van der Waals surface area contributed by atoms with E-state index in [1.165, 1.54) is 25.2 Å². The van der Waals surface area contributed by atoms with E-state index in [0.717, 1.165) is 16.2 Å². The lowest BCUT2D eigenvalue weighted by atomic mass is 10.1. The molecule has 0 atom stereocenters. The maximum atomic E-state index is 12.2. The molecular weight excluding hydrogens is 322 g/mol. The van der Waals surface area contributed by atoms with Gasteiger partial charge in [-0.1, -0.05) is 12.1 Å². The van der Waals surface area contributed by atoms with Crippen LogP contribution in [0.1, 0.15) is 36.6 Å². The van der Waals surface area contributed by atoms with E-state index in [4.69, 9.17) is 9.47 Å². The lowest BCUT2D eigenvalue weighted by Gasteiger charge is -2.06. The van der Waals surface area contributed by atoms with Gasteiger partial charge in [0, 0.05) is 13.5 Å². The average molecular weight is 339 g/mol. The van der Waals surface area contributed by atoms with Crippen molar-refractivity contribution in [2.24, 2.45) is 0 Å². The Labute approximate surface area is 145 Å². The van der Waals surface area contributed by atoms with Crippen LogP contribution in [0.25, 0.3) is 0 Å². The first-order valence-electron chi connectivity index (χ1n) is 7.77. The largest absolute Gasteiger partial charge is 0.497 e. The monoisotopic (exact) mass is 339 g/mol. The van der Waals surface area contributed by atoms with Crippen molar-refractivity contribution in [1.82, 2.24) is 4.90 Å². The summed E-state index contributed by atoms with van der Waals surface area (Å²) < 4.78 is 10.3. The zero-order chi connectivity index (χ0) is 18.0. The minimum atomic E-state index is -0.522. The van der Waals surface area contributed by atoms with Crippen LogP contribution in [0.4, 0.5) is 0 Å². The number of nitrogens with zero attached hydrogens (tertiary/aromatic N) is 1. The summed E-state index contributed by atoms with van der Waals surface area (Å²) in [6.45, 7) is 0.217. The number of methoxy groups -OCH3 is 1. The maximum Gasteiger partial charge on any atom is 0.338 e. The van der Waals surface area contributed by atoms with E-state index in [1.54, 1.807) is 7.11 Å². The summed E-state index contributed by atoms with van der Waals surface area (Å²) in [5, 5.41) is 0. The number of esters is 1. The summed E-state index contributed by atoms with van der Waals surface area (Å²) in [4.78, 5) is 37.0. The summed E-state index contributed by atoms with van der Waals surface area (Å²) in [5.74, 6) is -0.526. The van der Waals surface area contributed by atoms with Gasteiger partial charge < -0.3 is 9.47 Å². The second-order valence-corrected chi connectivity index (χ2v) is 5.66. The van der Waals surface area contributed by atoms with Crippen LogP contribution >= 0.6 is 0 Å². The fourth-order valence-electron chi connectivity index (χ4n) is 2.63. The molecule has 1 aliphatic rings. The highest BCUT2D eigenvalue weighted by Gasteiger charge is 2.33. The molecule has 2 aromatic carbocycles. The van der Waals surface area contributed by atoms with Gasteiger partial charge in [0.25, 0.3) is 11.8 Å². The smallest absolute Gasteiger partial charge is 0.338 e. The molecule has 0 unspecified atom stereocenters. The van der Waals surface area contributed by atoms with E-state index in [-0.39, 0.29) is 23.6 Å². The highest BCUT2D eigenvalue weighted by Crippen LogP contribution is 2.23. The number of carbonyl (C=O) groups is 3. The molecule has 0 radical (unpaired) electrons. The van der Waals surface area contributed by atoms with Gasteiger partial charge in [-0.25, -0.2) is 4.79 Å². The third kappa shape index (κ3) is 3.24. The minimum Gasteiger partial charge on any atom is -0.497 e. The standard InChI is InChI=1S/C19H17NO5/c1-20-17(21)15-8-5-13(11-16(15)18(20)22)19(23)25-10-9-12-3-6-14(24-2)7-4-12/h3-8,11H,9-10H2,1-2H3. The first-order valence-corrected chi connectivity index (χ1v) is 7.77. The predicted molar refractivity (Wildman–Crippen MR) is 89.8 cm³/mol. The molecule has 128 valence electrons. The zero-order valence-electron chi connectivity index (χ0n) is 13.9. The van der Waals surface area contributed by atoms with Crippen molar-refractivity contribution in [3.8, 4) is 5.75 Å². The van der Waals surface area contributed by atoms with Crippen molar-refractivity contribution >= 4 is 17.8 Å². The molecule has 2 aromatic rings. The Kier molecular flexibility index (Phi) is 4.52. The molecule has 0 N–H and O–H groups in total. The topological polar surface area (TPSA) is 72.9 Å². The Morgan fingerprint density at radius 3 is 2.36 bits per heavy atom. The summed E-state index contributed by atoms with van der Waals surface area (Å²) >= 11 is 0. The van der Waals surface area contributed by atoms with Crippen molar-refractivity contribution in [3.05, 3.63) is 64.7 Å². The van der Waals surface area contributed by atoms with Gasteiger partial charge in [-0.05, 0) is 35.9 Å². The van der Waals surface area contributed by atoms with Crippen LogP contribution in [0.15, 0.2) is 42.5 Å². The lowest BCUT2D eigenvalue weighted by Crippen LogP contribution is -2.24. The summed E-state index contributed by atoms with van der Waals surface area (Å²) in [6.07, 6.45) is 0.570. The van der Waals surface area contributed by atoms with Crippen LogP contribution in [-0.4, -0.2) is 43.4 Å². The molecule has 1 aliphatic heterocycles. The number of ether oxygens (including phenoxy) is 2. The van der Waals surface area contributed by atoms with E-state index in [9.17, 15) is 14.4 Å². The minimum absolute atomic E-state index is 0.217. The van der Waals surface area contributed by atoms with Crippen LogP contribution in [0.2, 0.25) is 0 Å². The highest BCUT2D eigenvalue weighted by atomic mass is 16.5. The van der Waals surface area contributed by atoms with Crippen LogP contribution < -0.4 is 4.74 Å². The summed E-state index contributed by atoms with van der Waals surface area (Å²) in [6, 6.07) is 11.9. The number of hydrogen-bond donors (Lipinski definition) is 0. The van der Waals surface area contributed by atoms with Crippen LogP contribution in [-0.2, 0) is 11.2 Å². The Bertz CT molecular complexity index is 841. The molecule has 2 amide bonds. The van der Waals surface area contributed by atoms with E-state index in [1.807, 2.05) is 24.3 Å². The van der Waals surface area contributed by atoms with Crippen molar-refractivity contribution in [2.75, 3.05) is 20.8 Å². The summed E-state index contributed by atoms with van der Waals surface area (Å²) in [5.41, 5.74) is 1.81. The number of rotatable bonds is 5. The Morgan fingerprint density at radius 2 is 1.68 bits per heavy atom. The molecule has 0 saturated carbocycles. The molecule has 3 rings (SSSR count). The fraction of sp³-hybridized carbons (Fsp3) is 0.211. The van der Waals surface area contributed by atoms with Gasteiger partial charge in [-0.3, -0.25) is 14.5 Å². The van der Waals surface area contributed by atoms with Gasteiger partial charge in [0.15, 0.2) is 0 Å². The maximum absolute atomic E-state index is 12.2. The van der Waals surface area contributed by atoms with E-state index in [0.29, 0.717) is 12.0 Å². The van der Waals surface area contributed by atoms with Crippen LogP contribution in [0.3, 0.4) is 0 Å². The fourth-order valence-corrected chi connectivity index (χ4v) is 2.63. The number of imide groups is 1. The second kappa shape index (κ2) is 6.76. The molecule has 1 heterocycles. The van der Waals surface area contributed by atoms with Crippen molar-refractivity contribution in [1.29, 1.82) is 0 Å². The van der Waals surface area contributed by atoms with E-state index < -0.39 is 11.9 Å². The molecule has 0 saturated heterocycles. The van der Waals surface area contributed by atoms with Gasteiger partial charge >= 0.3 is 5.97 Å². The second-order valence-electron chi connectivity index (χ2n) is 5.66. The third-order valence-electron chi connectivity index (χ3n) is 4.11. The number of carbonyl (C=O) groups excluding carboxylic acids is 3. The predicted octanol–water partition coefficient (Wildman–Crippen LogP) is 2.32.